The van der Waals surface area contributed by atoms with Crippen molar-refractivity contribution in [1.29, 1.82) is 10.5 Å². The minimum absolute atomic E-state index is 0.582. The maximum Gasteiger partial charge on any atom is 0.101 e. The van der Waals surface area contributed by atoms with E-state index in [0.717, 1.165) is 77.2 Å². The number of benzene rings is 5. The Labute approximate surface area is 275 Å². The Morgan fingerprint density at radius 2 is 0.958 bits per heavy atom. The van der Waals surface area contributed by atoms with Crippen molar-refractivity contribution in [2.24, 2.45) is 0 Å². The second-order valence-electron chi connectivity index (χ2n) is 11.7. The zero-order chi connectivity index (χ0) is 32.2. The van der Waals surface area contributed by atoms with Crippen LogP contribution in [-0.2, 0) is 0 Å². The Morgan fingerprint density at radius 3 is 1.54 bits per heavy atom. The fourth-order valence-corrected chi connectivity index (χ4v) is 7.27. The molecule has 0 saturated heterocycles. The Hall–Kier alpha value is -7.02. The van der Waals surface area contributed by atoms with Gasteiger partial charge >= 0.3 is 0 Å². The molecule has 0 amide bonds. The average Bonchev–Trinajstić information content (AvgIpc) is 3.68. The Morgan fingerprint density at radius 1 is 0.458 bits per heavy atom. The third-order valence-corrected chi connectivity index (χ3v) is 9.21. The number of pyridine rings is 2. The Bertz CT molecular complexity index is 2800. The van der Waals surface area contributed by atoms with Gasteiger partial charge < -0.3 is 9.13 Å². The van der Waals surface area contributed by atoms with Gasteiger partial charge in [-0.1, -0.05) is 66.7 Å². The molecule has 0 aliphatic heterocycles. The molecule has 0 unspecified atom stereocenters. The van der Waals surface area contributed by atoms with E-state index in [-0.39, 0.29) is 0 Å². The van der Waals surface area contributed by atoms with Crippen molar-refractivity contribution in [3.05, 3.63) is 157 Å². The van der Waals surface area contributed by atoms with Crippen LogP contribution in [-0.4, -0.2) is 19.1 Å². The fraction of sp³-hybridized carbons (Fsp3) is 0. The topological polar surface area (TPSA) is 83.2 Å². The van der Waals surface area contributed by atoms with E-state index in [1.54, 1.807) is 24.8 Å². The van der Waals surface area contributed by atoms with E-state index in [1.165, 1.54) is 0 Å². The highest BCUT2D eigenvalue weighted by Gasteiger charge is 2.26. The maximum atomic E-state index is 10.5. The summed E-state index contributed by atoms with van der Waals surface area (Å²) < 4.78 is 4.47. The minimum Gasteiger partial charge on any atom is -0.307 e. The zero-order valence-corrected chi connectivity index (χ0v) is 25.5. The molecule has 0 N–H and O–H groups in total. The number of aromatic nitrogens is 4. The number of fused-ring (bicyclic) bond motifs is 6. The lowest BCUT2D eigenvalue weighted by Crippen LogP contribution is -2.07. The highest BCUT2D eigenvalue weighted by molar-refractivity contribution is 6.14. The van der Waals surface area contributed by atoms with Crippen molar-refractivity contribution < 1.29 is 0 Å². The number of nitrogens with zero attached hydrogens (tertiary/aromatic N) is 6. The van der Waals surface area contributed by atoms with E-state index >= 15 is 0 Å². The summed E-state index contributed by atoms with van der Waals surface area (Å²) in [6.07, 6.45) is 7.22. The molecule has 5 aromatic carbocycles. The van der Waals surface area contributed by atoms with Crippen molar-refractivity contribution in [2.75, 3.05) is 0 Å². The van der Waals surface area contributed by atoms with Crippen LogP contribution in [0.3, 0.4) is 0 Å². The third-order valence-electron chi connectivity index (χ3n) is 9.21. The van der Waals surface area contributed by atoms with Gasteiger partial charge in [-0.05, 0) is 65.7 Å². The monoisotopic (exact) mass is 612 g/mol. The maximum absolute atomic E-state index is 10.5. The first-order valence-corrected chi connectivity index (χ1v) is 15.6. The predicted octanol–water partition coefficient (Wildman–Crippen LogP) is 9.75. The molecule has 6 heteroatoms. The normalized spacial score (nSPS) is 11.3. The molecule has 0 atom stereocenters. The highest BCUT2D eigenvalue weighted by atomic mass is 15.0. The standard InChI is InChI=1S/C42H24N6/c43-25-29-7-5-11-34-32-9-1-3-13-36(32)47(40(29)34)38-16-15-31(27-17-21-45-22-18-27)42(39(38)28-19-23-46-24-20-28)48-37-14-4-2-10-33(37)35-12-6-8-30(26-44)41(35)48/h1-24H. The van der Waals surface area contributed by atoms with Gasteiger partial charge in [-0.3, -0.25) is 9.97 Å². The number of para-hydroxylation sites is 4. The first-order chi connectivity index (χ1) is 23.8. The van der Waals surface area contributed by atoms with Gasteiger partial charge in [-0.2, -0.15) is 10.5 Å². The molecule has 0 aliphatic rings. The van der Waals surface area contributed by atoms with E-state index in [1.807, 2.05) is 72.8 Å². The van der Waals surface area contributed by atoms with Gasteiger partial charge in [0.15, 0.2) is 0 Å². The van der Waals surface area contributed by atoms with E-state index < -0.39 is 0 Å². The summed E-state index contributed by atoms with van der Waals surface area (Å²) in [5.74, 6) is 0. The van der Waals surface area contributed by atoms with Crippen molar-refractivity contribution in [2.45, 2.75) is 0 Å². The molecule has 4 heterocycles. The molecular formula is C42H24N6. The van der Waals surface area contributed by atoms with Gasteiger partial charge in [0.05, 0.1) is 44.6 Å². The summed E-state index contributed by atoms with van der Waals surface area (Å²) in [4.78, 5) is 8.71. The van der Waals surface area contributed by atoms with Gasteiger partial charge in [-0.15, -0.1) is 0 Å². The predicted molar refractivity (Wildman–Crippen MR) is 191 cm³/mol. The van der Waals surface area contributed by atoms with Crippen LogP contribution in [0.15, 0.2) is 146 Å². The van der Waals surface area contributed by atoms with Crippen LogP contribution < -0.4 is 0 Å². The quantitative estimate of drug-likeness (QED) is 0.198. The molecule has 9 rings (SSSR count). The van der Waals surface area contributed by atoms with Crippen LogP contribution >= 0.6 is 0 Å². The van der Waals surface area contributed by atoms with Crippen molar-refractivity contribution in [3.63, 3.8) is 0 Å². The van der Waals surface area contributed by atoms with Gasteiger partial charge in [0.1, 0.15) is 12.1 Å². The summed E-state index contributed by atoms with van der Waals surface area (Å²) in [6, 6.07) is 45.7. The fourth-order valence-electron chi connectivity index (χ4n) is 7.27. The number of hydrogen-bond acceptors (Lipinski definition) is 4. The number of nitriles is 2. The second-order valence-corrected chi connectivity index (χ2v) is 11.7. The molecule has 0 bridgehead atoms. The van der Waals surface area contributed by atoms with E-state index in [2.05, 4.69) is 79.8 Å². The van der Waals surface area contributed by atoms with Gasteiger partial charge in [0, 0.05) is 57.5 Å². The molecule has 0 radical (unpaired) electrons. The van der Waals surface area contributed by atoms with Crippen LogP contribution in [0.1, 0.15) is 11.1 Å². The first-order valence-electron chi connectivity index (χ1n) is 15.6. The summed E-state index contributed by atoms with van der Waals surface area (Å²) in [7, 11) is 0. The SMILES string of the molecule is N#Cc1cccc2c3ccccc3n(-c3ccc(-c4ccncc4)c(-n4c5ccccc5c5cccc(C#N)c54)c3-c3ccncc3)c12. The summed E-state index contributed by atoms with van der Waals surface area (Å²) in [5, 5.41) is 25.0. The van der Waals surface area contributed by atoms with Crippen LogP contribution in [0.25, 0.3) is 77.2 Å². The van der Waals surface area contributed by atoms with Crippen molar-refractivity contribution in [3.8, 4) is 45.8 Å². The highest BCUT2D eigenvalue weighted by Crippen LogP contribution is 2.46. The molecule has 0 aliphatic carbocycles. The summed E-state index contributed by atoms with van der Waals surface area (Å²) in [5.41, 5.74) is 10.5. The summed E-state index contributed by atoms with van der Waals surface area (Å²) >= 11 is 0. The summed E-state index contributed by atoms with van der Waals surface area (Å²) in [6.45, 7) is 0. The molecule has 222 valence electrons. The third kappa shape index (κ3) is 3.91. The Balaban J connectivity index is 1.57. The lowest BCUT2D eigenvalue weighted by molar-refractivity contribution is 1.13. The lowest BCUT2D eigenvalue weighted by atomic mass is 9.94. The molecule has 9 aromatic rings. The molecule has 6 nitrogen and oxygen atoms in total. The van der Waals surface area contributed by atoms with Gasteiger partial charge in [0.25, 0.3) is 0 Å². The van der Waals surface area contributed by atoms with Crippen LogP contribution in [0.4, 0.5) is 0 Å². The molecular weight excluding hydrogens is 589 g/mol. The molecule has 4 aromatic heterocycles. The largest absolute Gasteiger partial charge is 0.307 e. The van der Waals surface area contributed by atoms with Gasteiger partial charge in [0.2, 0.25) is 0 Å². The van der Waals surface area contributed by atoms with Crippen molar-refractivity contribution in [1.82, 2.24) is 19.1 Å². The average molecular weight is 613 g/mol. The smallest absolute Gasteiger partial charge is 0.101 e. The van der Waals surface area contributed by atoms with Crippen LogP contribution in [0, 0.1) is 22.7 Å². The van der Waals surface area contributed by atoms with E-state index in [0.29, 0.717) is 11.1 Å². The lowest BCUT2D eigenvalue weighted by Gasteiger charge is -2.23. The molecule has 0 saturated carbocycles. The molecule has 48 heavy (non-hydrogen) atoms. The van der Waals surface area contributed by atoms with Crippen LogP contribution in [0.2, 0.25) is 0 Å². The van der Waals surface area contributed by atoms with Crippen LogP contribution in [0.5, 0.6) is 0 Å². The van der Waals surface area contributed by atoms with Crippen molar-refractivity contribution >= 4 is 43.6 Å². The number of hydrogen-bond donors (Lipinski definition) is 0. The first kappa shape index (κ1) is 27.3. The van der Waals surface area contributed by atoms with Gasteiger partial charge in [-0.25, -0.2) is 0 Å². The molecule has 0 spiro atoms. The minimum atomic E-state index is 0.582. The zero-order valence-electron chi connectivity index (χ0n) is 25.5. The van der Waals surface area contributed by atoms with E-state index in [9.17, 15) is 10.5 Å². The number of rotatable bonds is 4. The molecule has 0 fully saturated rings. The Kier molecular flexibility index (Phi) is 6.15. The van der Waals surface area contributed by atoms with E-state index in [4.69, 9.17) is 0 Å². The second kappa shape index (κ2) is 10.8.